The lowest BCUT2D eigenvalue weighted by atomic mass is 9.95. The molecule has 2 aromatic rings. The zero-order chi connectivity index (χ0) is 16.1. The van der Waals surface area contributed by atoms with Crippen molar-refractivity contribution in [3.8, 4) is 0 Å². The van der Waals surface area contributed by atoms with Crippen molar-refractivity contribution < 1.29 is 9.21 Å². The van der Waals surface area contributed by atoms with Gasteiger partial charge in [0.25, 0.3) is 0 Å². The Kier molecular flexibility index (Phi) is 5.01. The number of hydrogen-bond donors (Lipinski definition) is 1. The van der Waals surface area contributed by atoms with Crippen LogP contribution in [0.25, 0.3) is 0 Å². The molecule has 1 heterocycles. The third-order valence-electron chi connectivity index (χ3n) is 4.67. The first-order valence-electron chi connectivity index (χ1n) is 8.37. The van der Waals surface area contributed by atoms with Gasteiger partial charge in [-0.25, -0.2) is 4.79 Å². The van der Waals surface area contributed by atoms with E-state index in [9.17, 15) is 4.79 Å². The Balaban J connectivity index is 1.74. The molecule has 2 amide bonds. The molecule has 3 rings (SSSR count). The van der Waals surface area contributed by atoms with Crippen LogP contribution >= 0.6 is 0 Å². The zero-order valence-electron chi connectivity index (χ0n) is 13.6. The Hall–Kier alpha value is -2.23. The summed E-state index contributed by atoms with van der Waals surface area (Å²) in [6, 6.07) is 13.7. The minimum absolute atomic E-state index is 0.0397. The van der Waals surface area contributed by atoms with E-state index in [0.29, 0.717) is 6.04 Å². The summed E-state index contributed by atoms with van der Waals surface area (Å²) in [6.07, 6.45) is 7.54. The van der Waals surface area contributed by atoms with Gasteiger partial charge in [-0.2, -0.15) is 0 Å². The van der Waals surface area contributed by atoms with Gasteiger partial charge in [0.2, 0.25) is 0 Å². The van der Waals surface area contributed by atoms with Crippen molar-refractivity contribution in [3.05, 3.63) is 60.1 Å². The van der Waals surface area contributed by atoms with Crippen LogP contribution in [0.2, 0.25) is 0 Å². The van der Waals surface area contributed by atoms with Crippen LogP contribution in [0.15, 0.2) is 53.1 Å². The average Bonchev–Trinajstić information content (AvgIpc) is 3.14. The number of furan rings is 1. The molecule has 0 radical (unpaired) electrons. The van der Waals surface area contributed by atoms with E-state index >= 15 is 0 Å². The summed E-state index contributed by atoms with van der Waals surface area (Å²) in [5, 5.41) is 3.13. The molecule has 1 atom stereocenters. The van der Waals surface area contributed by atoms with Gasteiger partial charge in [-0.05, 0) is 30.5 Å². The largest absolute Gasteiger partial charge is 0.467 e. The quantitative estimate of drug-likeness (QED) is 0.912. The number of nitrogens with zero attached hydrogens (tertiary/aromatic N) is 1. The molecule has 23 heavy (non-hydrogen) atoms. The van der Waals surface area contributed by atoms with Gasteiger partial charge in [0.05, 0.1) is 6.26 Å². The van der Waals surface area contributed by atoms with Gasteiger partial charge in [0, 0.05) is 13.1 Å². The maximum Gasteiger partial charge on any atom is 0.318 e. The molecule has 4 nitrogen and oxygen atoms in total. The first kappa shape index (κ1) is 15.7. The van der Waals surface area contributed by atoms with Gasteiger partial charge in [0.15, 0.2) is 0 Å². The highest BCUT2D eigenvalue weighted by molar-refractivity contribution is 5.75. The summed E-state index contributed by atoms with van der Waals surface area (Å²) in [4.78, 5) is 14.6. The predicted molar refractivity (Wildman–Crippen MR) is 90.2 cm³/mol. The number of amides is 2. The van der Waals surface area contributed by atoms with E-state index in [2.05, 4.69) is 5.32 Å². The van der Waals surface area contributed by atoms with Gasteiger partial charge in [-0.3, -0.25) is 0 Å². The van der Waals surface area contributed by atoms with Crippen LogP contribution in [-0.2, 0) is 0 Å². The fraction of sp³-hybridized carbons (Fsp3) is 0.421. The van der Waals surface area contributed by atoms with Crippen LogP contribution in [-0.4, -0.2) is 24.0 Å². The van der Waals surface area contributed by atoms with Crippen LogP contribution in [0.4, 0.5) is 4.79 Å². The second-order valence-corrected chi connectivity index (χ2v) is 6.21. The zero-order valence-corrected chi connectivity index (χ0v) is 13.6. The minimum Gasteiger partial charge on any atom is -0.467 e. The van der Waals surface area contributed by atoms with Crippen LogP contribution in [0.5, 0.6) is 0 Å². The fourth-order valence-corrected chi connectivity index (χ4v) is 3.28. The van der Waals surface area contributed by atoms with E-state index in [1.165, 1.54) is 19.3 Å². The van der Waals surface area contributed by atoms with E-state index in [1.807, 2.05) is 54.4 Å². The molecule has 122 valence electrons. The van der Waals surface area contributed by atoms with Crippen molar-refractivity contribution in [2.24, 2.45) is 0 Å². The summed E-state index contributed by atoms with van der Waals surface area (Å²) < 4.78 is 5.54. The van der Waals surface area contributed by atoms with Crippen molar-refractivity contribution in [1.29, 1.82) is 0 Å². The minimum atomic E-state index is -0.259. The number of benzene rings is 1. The number of carbonyl (C=O) groups excluding carboxylic acids is 1. The average molecular weight is 312 g/mol. The SMILES string of the molecule is CN(C(=O)NC(c1ccccc1)c1ccco1)C1CCCCC1. The maximum atomic E-state index is 12.7. The summed E-state index contributed by atoms with van der Waals surface area (Å²) in [5.74, 6) is 0.751. The summed E-state index contributed by atoms with van der Waals surface area (Å²) in [7, 11) is 1.90. The van der Waals surface area contributed by atoms with Crippen LogP contribution < -0.4 is 5.32 Å². The molecule has 1 aromatic carbocycles. The molecule has 1 fully saturated rings. The molecule has 4 heteroatoms. The van der Waals surface area contributed by atoms with E-state index < -0.39 is 0 Å². The Morgan fingerprint density at radius 2 is 1.87 bits per heavy atom. The lowest BCUT2D eigenvalue weighted by molar-refractivity contribution is 0.170. The standard InChI is InChI=1S/C19H24N2O2/c1-21(16-11-6-3-7-12-16)19(22)20-18(17-13-8-14-23-17)15-9-4-2-5-10-15/h2,4-5,8-10,13-14,16,18H,3,6-7,11-12H2,1H3,(H,20,22). The monoisotopic (exact) mass is 312 g/mol. The first-order chi connectivity index (χ1) is 11.3. The van der Waals surface area contributed by atoms with Gasteiger partial charge in [0.1, 0.15) is 11.8 Å². The van der Waals surface area contributed by atoms with Gasteiger partial charge < -0.3 is 14.6 Å². The molecule has 1 unspecified atom stereocenters. The highest BCUT2D eigenvalue weighted by atomic mass is 16.3. The number of hydrogen-bond acceptors (Lipinski definition) is 2. The molecule has 0 spiro atoms. The molecule has 0 bridgehead atoms. The Labute approximate surface area is 137 Å². The number of urea groups is 1. The summed E-state index contributed by atoms with van der Waals surface area (Å²) >= 11 is 0. The molecule has 0 saturated heterocycles. The summed E-state index contributed by atoms with van der Waals surface area (Å²) in [5.41, 5.74) is 1.02. The lowest BCUT2D eigenvalue weighted by Gasteiger charge is -2.32. The third kappa shape index (κ3) is 3.76. The van der Waals surface area contributed by atoms with E-state index in [-0.39, 0.29) is 12.1 Å². The van der Waals surface area contributed by atoms with E-state index in [0.717, 1.165) is 24.2 Å². The van der Waals surface area contributed by atoms with Crippen molar-refractivity contribution in [3.63, 3.8) is 0 Å². The topological polar surface area (TPSA) is 45.5 Å². The highest BCUT2D eigenvalue weighted by Gasteiger charge is 2.25. The highest BCUT2D eigenvalue weighted by Crippen LogP contribution is 2.25. The van der Waals surface area contributed by atoms with Crippen LogP contribution in [0.3, 0.4) is 0 Å². The molecule has 0 aliphatic heterocycles. The lowest BCUT2D eigenvalue weighted by Crippen LogP contribution is -2.45. The van der Waals surface area contributed by atoms with E-state index in [1.54, 1.807) is 6.26 Å². The molecule has 1 N–H and O–H groups in total. The third-order valence-corrected chi connectivity index (χ3v) is 4.67. The molecule has 1 aliphatic carbocycles. The van der Waals surface area contributed by atoms with Gasteiger partial charge >= 0.3 is 6.03 Å². The molecule has 1 aromatic heterocycles. The predicted octanol–water partition coefficient (Wildman–Crippen LogP) is 4.34. The van der Waals surface area contributed by atoms with Crippen molar-refractivity contribution in [1.82, 2.24) is 10.2 Å². The Bertz CT molecular complexity index is 604. The van der Waals surface area contributed by atoms with Gasteiger partial charge in [-0.15, -0.1) is 0 Å². The Morgan fingerprint density at radius 3 is 2.52 bits per heavy atom. The number of nitrogens with one attached hydrogen (secondary N) is 1. The Morgan fingerprint density at radius 1 is 1.13 bits per heavy atom. The van der Waals surface area contributed by atoms with Crippen molar-refractivity contribution in [2.75, 3.05) is 7.05 Å². The maximum absolute atomic E-state index is 12.7. The van der Waals surface area contributed by atoms with Crippen LogP contribution in [0, 0.1) is 0 Å². The first-order valence-corrected chi connectivity index (χ1v) is 8.37. The number of carbonyl (C=O) groups is 1. The van der Waals surface area contributed by atoms with Crippen LogP contribution in [0.1, 0.15) is 49.5 Å². The molecule has 1 aliphatic rings. The fourth-order valence-electron chi connectivity index (χ4n) is 3.28. The summed E-state index contributed by atoms with van der Waals surface area (Å²) in [6.45, 7) is 0. The second-order valence-electron chi connectivity index (χ2n) is 6.21. The van der Waals surface area contributed by atoms with Crippen molar-refractivity contribution >= 4 is 6.03 Å². The van der Waals surface area contributed by atoms with E-state index in [4.69, 9.17) is 4.42 Å². The number of rotatable bonds is 4. The molecular weight excluding hydrogens is 288 g/mol. The van der Waals surface area contributed by atoms with Crippen molar-refractivity contribution in [2.45, 2.75) is 44.2 Å². The molecular formula is C19H24N2O2. The van der Waals surface area contributed by atoms with Gasteiger partial charge in [-0.1, -0.05) is 49.6 Å². The second kappa shape index (κ2) is 7.36. The molecule has 1 saturated carbocycles. The smallest absolute Gasteiger partial charge is 0.318 e. The normalized spacial score (nSPS) is 16.7.